The largest absolute Gasteiger partial charge is 0.497 e. The fourth-order valence-electron chi connectivity index (χ4n) is 4.97. The van der Waals surface area contributed by atoms with Crippen molar-refractivity contribution in [2.45, 2.75) is 77.3 Å². The van der Waals surface area contributed by atoms with Crippen molar-refractivity contribution in [3.05, 3.63) is 59.2 Å². The number of carbonyl (C=O) groups is 2. The second kappa shape index (κ2) is 12.2. The lowest BCUT2D eigenvalue weighted by atomic mass is 9.84. The Morgan fingerprint density at radius 2 is 1.84 bits per heavy atom. The number of carbonyl (C=O) groups excluding carboxylic acids is 2. The minimum absolute atomic E-state index is 0.0951. The van der Waals surface area contributed by atoms with E-state index in [0.717, 1.165) is 66.8 Å². The van der Waals surface area contributed by atoms with Gasteiger partial charge in [0.1, 0.15) is 13.8 Å². The maximum Gasteiger partial charge on any atom is 0.299 e. The number of hydrogen-bond donors (Lipinski definition) is 2. The Balaban J connectivity index is 1.73. The highest BCUT2D eigenvalue weighted by atomic mass is 28.3. The molecule has 0 saturated heterocycles. The molecular weight excluding hydrogens is 490 g/mol. The van der Waals surface area contributed by atoms with Crippen LogP contribution in [0.5, 0.6) is 5.75 Å². The standard InChI is InChI=1S/C31H41N3O3Si/c1-6-7-18-32-28-21-24-20-26(37-2)15-16-27(24)30(34(28)29(35)17-19-38(3,4)5)22-11-13-25(14-12-22)33-31(36)23-9-8-10-23/h11-16,20,23,28,30,32H,6-10,18,21H2,1-5H3,(H,33,36)/t28-,30+/m1/s1. The van der Waals surface area contributed by atoms with Crippen molar-refractivity contribution in [2.24, 2.45) is 5.92 Å². The second-order valence-electron chi connectivity index (χ2n) is 11.4. The van der Waals surface area contributed by atoms with Crippen LogP contribution in [0, 0.1) is 17.4 Å². The molecule has 0 bridgehead atoms. The first-order chi connectivity index (χ1) is 18.2. The molecular formula is C31H41N3O3Si. The highest BCUT2D eigenvalue weighted by Gasteiger charge is 2.38. The van der Waals surface area contributed by atoms with Gasteiger partial charge in [-0.25, -0.2) is 0 Å². The Labute approximate surface area is 228 Å². The van der Waals surface area contributed by atoms with Crippen LogP contribution in [0.15, 0.2) is 42.5 Å². The average molecular weight is 532 g/mol. The van der Waals surface area contributed by atoms with Crippen LogP contribution in [0.3, 0.4) is 0 Å². The van der Waals surface area contributed by atoms with E-state index >= 15 is 0 Å². The SMILES string of the molecule is CCCCN[C@H]1Cc2cc(OC)ccc2[C@H](c2ccc(NC(=O)C3CCC3)cc2)N1C(=O)C#C[Si](C)(C)C. The highest BCUT2D eigenvalue weighted by Crippen LogP contribution is 2.39. The molecule has 0 radical (unpaired) electrons. The molecule has 1 saturated carbocycles. The van der Waals surface area contributed by atoms with E-state index in [1.54, 1.807) is 7.11 Å². The minimum Gasteiger partial charge on any atom is -0.497 e. The topological polar surface area (TPSA) is 70.7 Å². The monoisotopic (exact) mass is 531 g/mol. The zero-order valence-corrected chi connectivity index (χ0v) is 24.4. The smallest absolute Gasteiger partial charge is 0.299 e. The molecule has 2 amide bonds. The number of hydrogen-bond acceptors (Lipinski definition) is 4. The summed E-state index contributed by atoms with van der Waals surface area (Å²) in [4.78, 5) is 28.2. The van der Waals surface area contributed by atoms with Gasteiger partial charge < -0.3 is 15.0 Å². The number of ether oxygens (including phenoxy) is 1. The van der Waals surface area contributed by atoms with Crippen LogP contribution in [0.4, 0.5) is 5.69 Å². The van der Waals surface area contributed by atoms with Gasteiger partial charge in [-0.05, 0) is 72.7 Å². The Kier molecular flexibility index (Phi) is 8.96. The van der Waals surface area contributed by atoms with E-state index in [4.69, 9.17) is 4.74 Å². The molecule has 7 heteroatoms. The van der Waals surface area contributed by atoms with Crippen molar-refractivity contribution in [1.82, 2.24) is 10.2 Å². The van der Waals surface area contributed by atoms with Crippen LogP contribution < -0.4 is 15.4 Å². The van der Waals surface area contributed by atoms with Crippen molar-refractivity contribution in [3.63, 3.8) is 0 Å². The molecule has 0 spiro atoms. The van der Waals surface area contributed by atoms with E-state index in [2.05, 4.69) is 60.8 Å². The number of amides is 2. The zero-order chi connectivity index (χ0) is 27.3. The number of nitrogens with zero attached hydrogens (tertiary/aromatic N) is 1. The lowest BCUT2D eigenvalue weighted by Crippen LogP contribution is -2.54. The van der Waals surface area contributed by atoms with Gasteiger partial charge in [0.25, 0.3) is 5.91 Å². The fourth-order valence-corrected chi connectivity index (χ4v) is 5.45. The summed E-state index contributed by atoms with van der Waals surface area (Å²) in [6.45, 7) is 9.44. The van der Waals surface area contributed by atoms with Crippen LogP contribution >= 0.6 is 0 Å². The molecule has 2 aliphatic rings. The van der Waals surface area contributed by atoms with E-state index in [1.807, 2.05) is 35.2 Å². The molecule has 1 fully saturated rings. The molecule has 38 heavy (non-hydrogen) atoms. The number of unbranched alkanes of at least 4 members (excludes halogenated alkanes) is 1. The second-order valence-corrected chi connectivity index (χ2v) is 16.2. The summed E-state index contributed by atoms with van der Waals surface area (Å²) in [5, 5.41) is 6.70. The molecule has 1 aliphatic heterocycles. The van der Waals surface area contributed by atoms with Gasteiger partial charge in [0, 0.05) is 18.0 Å². The van der Waals surface area contributed by atoms with Gasteiger partial charge in [-0.15, -0.1) is 5.54 Å². The van der Waals surface area contributed by atoms with Crippen LogP contribution in [0.2, 0.25) is 19.6 Å². The summed E-state index contributed by atoms with van der Waals surface area (Å²) in [5.74, 6) is 3.88. The third-order valence-electron chi connectivity index (χ3n) is 7.33. The number of rotatable bonds is 8. The Hall–Kier alpha value is -3.08. The molecule has 2 N–H and O–H groups in total. The van der Waals surface area contributed by atoms with Gasteiger partial charge in [-0.3, -0.25) is 14.9 Å². The van der Waals surface area contributed by atoms with Crippen molar-refractivity contribution >= 4 is 25.6 Å². The van der Waals surface area contributed by atoms with Crippen LogP contribution in [-0.2, 0) is 16.0 Å². The number of nitrogens with one attached hydrogen (secondary N) is 2. The maximum atomic E-state index is 13.8. The molecule has 0 unspecified atom stereocenters. The summed E-state index contributed by atoms with van der Waals surface area (Å²) < 4.78 is 5.53. The molecule has 2 aromatic carbocycles. The Morgan fingerprint density at radius 3 is 2.45 bits per heavy atom. The zero-order valence-electron chi connectivity index (χ0n) is 23.4. The van der Waals surface area contributed by atoms with Crippen LogP contribution in [-0.4, -0.2) is 44.6 Å². The van der Waals surface area contributed by atoms with E-state index < -0.39 is 8.07 Å². The van der Waals surface area contributed by atoms with E-state index in [0.29, 0.717) is 6.42 Å². The number of benzene rings is 2. The molecule has 2 atom stereocenters. The molecule has 0 aromatic heterocycles. The summed E-state index contributed by atoms with van der Waals surface area (Å²) in [7, 11) is -0.0609. The van der Waals surface area contributed by atoms with E-state index in [-0.39, 0.29) is 29.9 Å². The normalized spacial score (nSPS) is 19.0. The third-order valence-corrected chi connectivity index (χ3v) is 8.21. The Bertz CT molecular complexity index is 1210. The van der Waals surface area contributed by atoms with Gasteiger partial charge in [0.05, 0.1) is 19.3 Å². The van der Waals surface area contributed by atoms with E-state index in [1.165, 1.54) is 0 Å². The first-order valence-electron chi connectivity index (χ1n) is 13.9. The van der Waals surface area contributed by atoms with Gasteiger partial charge in [0.15, 0.2) is 0 Å². The van der Waals surface area contributed by atoms with Crippen LogP contribution in [0.25, 0.3) is 0 Å². The predicted octanol–water partition coefficient (Wildman–Crippen LogP) is 5.50. The first kappa shape index (κ1) is 27.9. The van der Waals surface area contributed by atoms with Crippen LogP contribution in [0.1, 0.15) is 61.8 Å². The fraction of sp³-hybridized carbons (Fsp3) is 0.484. The molecule has 4 rings (SSSR count). The molecule has 6 nitrogen and oxygen atoms in total. The number of anilines is 1. The number of fused-ring (bicyclic) bond motifs is 1. The van der Waals surface area contributed by atoms with Crippen molar-refractivity contribution in [3.8, 4) is 17.2 Å². The lowest BCUT2D eigenvalue weighted by molar-refractivity contribution is -0.130. The van der Waals surface area contributed by atoms with Crippen molar-refractivity contribution in [2.75, 3.05) is 19.0 Å². The summed E-state index contributed by atoms with van der Waals surface area (Å²) in [5.41, 5.74) is 7.29. The van der Waals surface area contributed by atoms with Crippen molar-refractivity contribution in [1.29, 1.82) is 0 Å². The quantitative estimate of drug-likeness (QED) is 0.268. The minimum atomic E-state index is -1.74. The summed E-state index contributed by atoms with van der Waals surface area (Å²) in [6, 6.07) is 13.7. The Morgan fingerprint density at radius 1 is 1.11 bits per heavy atom. The lowest BCUT2D eigenvalue weighted by Gasteiger charge is -2.43. The summed E-state index contributed by atoms with van der Waals surface area (Å²) >= 11 is 0. The van der Waals surface area contributed by atoms with E-state index in [9.17, 15) is 9.59 Å². The van der Waals surface area contributed by atoms with Gasteiger partial charge in [0.2, 0.25) is 5.91 Å². The predicted molar refractivity (Wildman–Crippen MR) is 156 cm³/mol. The molecule has 1 aliphatic carbocycles. The van der Waals surface area contributed by atoms with Gasteiger partial charge in [-0.1, -0.05) is 57.6 Å². The molecule has 202 valence electrons. The first-order valence-corrected chi connectivity index (χ1v) is 17.4. The van der Waals surface area contributed by atoms with Crippen molar-refractivity contribution < 1.29 is 14.3 Å². The average Bonchev–Trinajstić information content (AvgIpc) is 2.85. The van der Waals surface area contributed by atoms with Gasteiger partial charge in [-0.2, -0.15) is 0 Å². The molecule has 1 heterocycles. The maximum absolute atomic E-state index is 13.8. The highest BCUT2D eigenvalue weighted by molar-refractivity contribution is 6.84. The summed E-state index contributed by atoms with van der Waals surface area (Å²) in [6.07, 6.45) is 5.66. The molecule has 2 aromatic rings. The number of methoxy groups -OCH3 is 1. The van der Waals surface area contributed by atoms with Gasteiger partial charge >= 0.3 is 0 Å². The third kappa shape index (κ3) is 6.67.